The Labute approximate surface area is 105 Å². The highest BCUT2D eigenvalue weighted by molar-refractivity contribution is 9.10. The molecule has 0 radical (unpaired) electrons. The van der Waals surface area contributed by atoms with E-state index in [4.69, 9.17) is 15.6 Å². The molecule has 3 N–H and O–H groups in total. The Morgan fingerprint density at radius 1 is 1.44 bits per heavy atom. The van der Waals surface area contributed by atoms with Crippen LogP contribution < -0.4 is 10.5 Å². The topological polar surface area (TPSA) is 55.5 Å². The van der Waals surface area contributed by atoms with Crippen LogP contribution in [0.1, 0.15) is 25.5 Å². The molecule has 0 aliphatic rings. The normalized spacial score (nSPS) is 14.6. The van der Waals surface area contributed by atoms with E-state index in [1.165, 1.54) is 0 Å². The van der Waals surface area contributed by atoms with Gasteiger partial charge in [0.1, 0.15) is 5.75 Å². The third-order valence-corrected chi connectivity index (χ3v) is 2.79. The number of rotatable bonds is 5. The molecule has 1 unspecified atom stereocenters. The highest BCUT2D eigenvalue weighted by Gasteiger charge is 2.10. The first-order valence-electron chi connectivity index (χ1n) is 5.33. The summed E-state index contributed by atoms with van der Waals surface area (Å²) >= 11 is 3.40. The van der Waals surface area contributed by atoms with Gasteiger partial charge in [0.2, 0.25) is 0 Å². The highest BCUT2D eigenvalue weighted by Crippen LogP contribution is 2.27. The molecule has 90 valence electrons. The fraction of sp³-hybridized carbons (Fsp3) is 0.500. The van der Waals surface area contributed by atoms with E-state index in [-0.39, 0.29) is 18.6 Å². The van der Waals surface area contributed by atoms with E-state index < -0.39 is 0 Å². The van der Waals surface area contributed by atoms with Gasteiger partial charge in [-0.15, -0.1) is 0 Å². The van der Waals surface area contributed by atoms with Crippen LogP contribution in [0.5, 0.6) is 5.75 Å². The number of halogens is 1. The molecule has 3 nitrogen and oxygen atoms in total. The SMILES string of the molecule is CC(CO)COc1cc(Br)ccc1[C@H](C)N. The van der Waals surface area contributed by atoms with E-state index in [1.54, 1.807) is 0 Å². The molecule has 0 spiro atoms. The molecule has 0 saturated heterocycles. The second-order valence-electron chi connectivity index (χ2n) is 4.07. The maximum absolute atomic E-state index is 8.93. The quantitative estimate of drug-likeness (QED) is 0.875. The molecule has 0 aliphatic heterocycles. The summed E-state index contributed by atoms with van der Waals surface area (Å²) in [6.07, 6.45) is 0. The number of benzene rings is 1. The fourth-order valence-electron chi connectivity index (χ4n) is 1.29. The summed E-state index contributed by atoms with van der Waals surface area (Å²) in [6.45, 7) is 4.48. The van der Waals surface area contributed by atoms with Crippen molar-refractivity contribution in [1.29, 1.82) is 0 Å². The second-order valence-corrected chi connectivity index (χ2v) is 4.99. The molecule has 0 bridgehead atoms. The van der Waals surface area contributed by atoms with Crippen LogP contribution >= 0.6 is 15.9 Å². The second kappa shape index (κ2) is 6.23. The standard InChI is InChI=1S/C12H18BrNO2/c1-8(6-15)7-16-12-5-10(13)3-4-11(12)9(2)14/h3-5,8-9,15H,6-7,14H2,1-2H3/t8?,9-/m0/s1. The number of nitrogens with two attached hydrogens (primary N) is 1. The molecular weight excluding hydrogens is 270 g/mol. The maximum atomic E-state index is 8.93. The third kappa shape index (κ3) is 3.77. The molecule has 0 fully saturated rings. The van der Waals surface area contributed by atoms with Crippen molar-refractivity contribution >= 4 is 15.9 Å². The average molecular weight is 288 g/mol. The molecular formula is C12H18BrNO2. The van der Waals surface area contributed by atoms with Crippen molar-refractivity contribution in [2.24, 2.45) is 11.7 Å². The minimum absolute atomic E-state index is 0.0625. The molecule has 0 amide bonds. The van der Waals surface area contributed by atoms with E-state index in [2.05, 4.69) is 15.9 Å². The van der Waals surface area contributed by atoms with E-state index >= 15 is 0 Å². The molecule has 1 rings (SSSR count). The molecule has 0 heterocycles. The Morgan fingerprint density at radius 2 is 2.12 bits per heavy atom. The van der Waals surface area contributed by atoms with Crippen LogP contribution in [0, 0.1) is 5.92 Å². The highest BCUT2D eigenvalue weighted by atomic mass is 79.9. The van der Waals surface area contributed by atoms with E-state index in [1.807, 2.05) is 32.0 Å². The van der Waals surface area contributed by atoms with Crippen molar-refractivity contribution in [1.82, 2.24) is 0 Å². The zero-order valence-electron chi connectivity index (χ0n) is 9.61. The number of hydrogen-bond donors (Lipinski definition) is 2. The van der Waals surface area contributed by atoms with E-state index in [0.717, 1.165) is 15.8 Å². The van der Waals surface area contributed by atoms with Gasteiger partial charge in [0, 0.05) is 28.6 Å². The lowest BCUT2D eigenvalue weighted by Gasteiger charge is -2.16. The van der Waals surface area contributed by atoms with Crippen LogP contribution in [0.2, 0.25) is 0 Å². The van der Waals surface area contributed by atoms with Crippen molar-refractivity contribution < 1.29 is 9.84 Å². The molecule has 4 heteroatoms. The van der Waals surface area contributed by atoms with Gasteiger partial charge in [-0.1, -0.05) is 28.9 Å². The van der Waals surface area contributed by atoms with Crippen LogP contribution in [-0.4, -0.2) is 18.3 Å². The summed E-state index contributed by atoms with van der Waals surface area (Å²) in [6, 6.07) is 5.74. The van der Waals surface area contributed by atoms with Gasteiger partial charge in [-0.05, 0) is 19.1 Å². The average Bonchev–Trinajstić information content (AvgIpc) is 2.25. The molecule has 1 aromatic carbocycles. The Kier molecular flexibility index (Phi) is 5.25. The summed E-state index contributed by atoms with van der Waals surface area (Å²) in [7, 11) is 0. The van der Waals surface area contributed by atoms with Crippen LogP contribution in [0.3, 0.4) is 0 Å². The van der Waals surface area contributed by atoms with Crippen LogP contribution in [0.15, 0.2) is 22.7 Å². The summed E-state index contributed by atoms with van der Waals surface area (Å²) in [5.74, 6) is 0.907. The maximum Gasteiger partial charge on any atom is 0.125 e. The van der Waals surface area contributed by atoms with E-state index in [9.17, 15) is 0 Å². The summed E-state index contributed by atoms with van der Waals surface area (Å²) < 4.78 is 6.62. The minimum Gasteiger partial charge on any atom is -0.493 e. The first-order valence-corrected chi connectivity index (χ1v) is 6.12. The molecule has 0 aromatic heterocycles. The van der Waals surface area contributed by atoms with Gasteiger partial charge >= 0.3 is 0 Å². The van der Waals surface area contributed by atoms with Gasteiger partial charge in [-0.25, -0.2) is 0 Å². The Hall–Kier alpha value is -0.580. The summed E-state index contributed by atoms with van der Waals surface area (Å²) in [5.41, 5.74) is 6.84. The van der Waals surface area contributed by atoms with E-state index in [0.29, 0.717) is 6.61 Å². The van der Waals surface area contributed by atoms with Gasteiger partial charge in [0.05, 0.1) is 6.61 Å². The van der Waals surface area contributed by atoms with Gasteiger partial charge < -0.3 is 15.6 Å². The largest absolute Gasteiger partial charge is 0.493 e. The van der Waals surface area contributed by atoms with Gasteiger partial charge in [0.15, 0.2) is 0 Å². The van der Waals surface area contributed by atoms with Crippen molar-refractivity contribution in [2.45, 2.75) is 19.9 Å². The lowest BCUT2D eigenvalue weighted by atomic mass is 10.1. The Bertz CT molecular complexity index is 342. The van der Waals surface area contributed by atoms with Gasteiger partial charge in [-0.2, -0.15) is 0 Å². The smallest absolute Gasteiger partial charge is 0.125 e. The van der Waals surface area contributed by atoms with Gasteiger partial charge in [-0.3, -0.25) is 0 Å². The molecule has 1 aromatic rings. The molecule has 0 aliphatic carbocycles. The van der Waals surface area contributed by atoms with Crippen molar-refractivity contribution in [3.05, 3.63) is 28.2 Å². The summed E-state index contributed by atoms with van der Waals surface area (Å²) in [4.78, 5) is 0. The van der Waals surface area contributed by atoms with Crippen molar-refractivity contribution in [3.8, 4) is 5.75 Å². The third-order valence-electron chi connectivity index (χ3n) is 2.30. The Balaban J connectivity index is 2.80. The zero-order valence-corrected chi connectivity index (χ0v) is 11.2. The monoisotopic (exact) mass is 287 g/mol. The van der Waals surface area contributed by atoms with Crippen molar-refractivity contribution in [2.75, 3.05) is 13.2 Å². The molecule has 2 atom stereocenters. The predicted molar refractivity (Wildman–Crippen MR) is 68.5 cm³/mol. The van der Waals surface area contributed by atoms with Crippen molar-refractivity contribution in [3.63, 3.8) is 0 Å². The number of ether oxygens (including phenoxy) is 1. The lowest BCUT2D eigenvalue weighted by Crippen LogP contribution is -2.14. The summed E-state index contributed by atoms with van der Waals surface area (Å²) in [5, 5.41) is 8.93. The first-order chi connectivity index (χ1) is 7.54. The number of aliphatic hydroxyl groups excluding tert-OH is 1. The lowest BCUT2D eigenvalue weighted by molar-refractivity contribution is 0.173. The molecule has 0 saturated carbocycles. The zero-order chi connectivity index (χ0) is 12.1. The fourth-order valence-corrected chi connectivity index (χ4v) is 1.63. The van der Waals surface area contributed by atoms with Crippen LogP contribution in [-0.2, 0) is 0 Å². The Morgan fingerprint density at radius 3 is 2.69 bits per heavy atom. The van der Waals surface area contributed by atoms with Crippen LogP contribution in [0.25, 0.3) is 0 Å². The number of aliphatic hydroxyl groups is 1. The predicted octanol–water partition coefficient (Wildman–Crippen LogP) is 2.48. The molecule has 16 heavy (non-hydrogen) atoms. The first kappa shape index (κ1) is 13.5. The number of hydrogen-bond acceptors (Lipinski definition) is 3. The van der Waals surface area contributed by atoms with Crippen LogP contribution in [0.4, 0.5) is 0 Å². The minimum atomic E-state index is -0.0625. The van der Waals surface area contributed by atoms with Gasteiger partial charge in [0.25, 0.3) is 0 Å².